The topological polar surface area (TPSA) is 108 Å². The molecule has 1 aliphatic rings. The number of amides is 1. The Labute approximate surface area is 94.8 Å². The van der Waals surface area contributed by atoms with Crippen molar-refractivity contribution in [3.63, 3.8) is 0 Å². The molecule has 76 valence electrons. The molecule has 0 saturated carbocycles. The molecule has 0 radical (unpaired) electrons. The maximum atomic E-state index is 10.9. The Kier molecular flexibility index (Phi) is 3.24. The van der Waals surface area contributed by atoms with Gasteiger partial charge in [0, 0.05) is 0 Å². The number of nitrogens with one attached hydrogen (secondary N) is 2. The van der Waals surface area contributed by atoms with Gasteiger partial charge in [-0.1, -0.05) is 24.0 Å². The van der Waals surface area contributed by atoms with Crippen LogP contribution in [0, 0.1) is 5.41 Å². The molecule has 1 amide bonds. The van der Waals surface area contributed by atoms with Gasteiger partial charge in [-0.25, -0.2) is 5.01 Å². The maximum absolute atomic E-state index is 10.9. The Morgan fingerprint density at radius 1 is 1.64 bits per heavy atom. The number of carbonyl (C=O) groups excluding carboxylic acids is 1. The summed E-state index contributed by atoms with van der Waals surface area (Å²) in [6.45, 7) is 0. The summed E-state index contributed by atoms with van der Waals surface area (Å²) in [7, 11) is 0. The number of thioether (sulfide) groups is 1. The van der Waals surface area contributed by atoms with Crippen LogP contribution in [0.15, 0.2) is 0 Å². The average Bonchev–Trinajstić information content (AvgIpc) is 2.31. The van der Waals surface area contributed by atoms with Crippen LogP contribution in [0.2, 0.25) is 0 Å². The Morgan fingerprint density at radius 3 is 2.57 bits per heavy atom. The molecule has 0 aromatic rings. The second-order valence-electron chi connectivity index (χ2n) is 2.36. The number of primary amides is 1. The van der Waals surface area contributed by atoms with Gasteiger partial charge in [0.25, 0.3) is 0 Å². The standard InChI is InChI=1S/C5H7N5OS3/c6-2-1(3(7)11)14-5(13)10(2)9-4(8)12/h1,6H,(H2,7,11)(H3,8,9,12). The van der Waals surface area contributed by atoms with Crippen LogP contribution < -0.4 is 16.9 Å². The van der Waals surface area contributed by atoms with Crippen molar-refractivity contribution < 1.29 is 4.79 Å². The highest BCUT2D eigenvalue weighted by Gasteiger charge is 2.37. The molecule has 6 N–H and O–H groups in total. The highest BCUT2D eigenvalue weighted by atomic mass is 32.2. The molecule has 1 fully saturated rings. The van der Waals surface area contributed by atoms with E-state index in [9.17, 15) is 4.79 Å². The third-order valence-corrected chi connectivity index (χ3v) is 3.01. The lowest BCUT2D eigenvalue weighted by Crippen LogP contribution is -2.49. The number of hydrazine groups is 1. The zero-order valence-corrected chi connectivity index (χ0v) is 9.26. The van der Waals surface area contributed by atoms with Crippen LogP contribution in [0.1, 0.15) is 0 Å². The number of thiocarbonyl (C=S) groups is 2. The molecular weight excluding hydrogens is 242 g/mol. The maximum Gasteiger partial charge on any atom is 0.238 e. The predicted octanol–water partition coefficient (Wildman–Crippen LogP) is -1.10. The Bertz CT molecular complexity index is 329. The summed E-state index contributed by atoms with van der Waals surface area (Å²) in [5, 5.41) is 7.92. The third kappa shape index (κ3) is 2.11. The average molecular weight is 249 g/mol. The smallest absolute Gasteiger partial charge is 0.238 e. The molecule has 0 bridgehead atoms. The van der Waals surface area contributed by atoms with Gasteiger partial charge in [-0.15, -0.1) is 0 Å². The van der Waals surface area contributed by atoms with Gasteiger partial charge in [-0.2, -0.15) is 0 Å². The van der Waals surface area contributed by atoms with Gasteiger partial charge in [-0.3, -0.25) is 15.6 Å². The van der Waals surface area contributed by atoms with Gasteiger partial charge < -0.3 is 11.5 Å². The second-order valence-corrected chi connectivity index (χ2v) is 4.54. The minimum absolute atomic E-state index is 0.0252. The fourth-order valence-electron chi connectivity index (χ4n) is 0.834. The first-order valence-corrected chi connectivity index (χ1v) is 5.07. The van der Waals surface area contributed by atoms with Crippen LogP contribution in [-0.2, 0) is 4.79 Å². The lowest BCUT2D eigenvalue weighted by molar-refractivity contribution is -0.116. The van der Waals surface area contributed by atoms with Crippen molar-refractivity contribution in [3.8, 4) is 0 Å². The van der Waals surface area contributed by atoms with Crippen LogP contribution in [0.4, 0.5) is 0 Å². The molecule has 9 heteroatoms. The molecule has 1 unspecified atom stereocenters. The van der Waals surface area contributed by atoms with E-state index in [0.29, 0.717) is 4.32 Å². The lowest BCUT2D eigenvalue weighted by Gasteiger charge is -2.17. The fourth-order valence-corrected chi connectivity index (χ4v) is 2.14. The molecule has 1 aliphatic heterocycles. The monoisotopic (exact) mass is 249 g/mol. The molecule has 0 aliphatic carbocycles. The van der Waals surface area contributed by atoms with E-state index in [1.807, 2.05) is 0 Å². The van der Waals surface area contributed by atoms with E-state index < -0.39 is 11.2 Å². The van der Waals surface area contributed by atoms with Crippen LogP contribution in [0.5, 0.6) is 0 Å². The largest absolute Gasteiger partial charge is 0.375 e. The SMILES string of the molecule is N=C1C(C(N)=O)SC(=S)N1NC(N)=S. The summed E-state index contributed by atoms with van der Waals surface area (Å²) in [6.07, 6.45) is 0. The molecule has 1 atom stereocenters. The molecule has 1 saturated heterocycles. The minimum Gasteiger partial charge on any atom is -0.375 e. The summed E-state index contributed by atoms with van der Waals surface area (Å²) >= 11 is 10.5. The summed E-state index contributed by atoms with van der Waals surface area (Å²) in [5.41, 5.74) is 12.8. The molecule has 14 heavy (non-hydrogen) atoms. The Morgan fingerprint density at radius 2 is 2.21 bits per heavy atom. The van der Waals surface area contributed by atoms with E-state index in [1.54, 1.807) is 0 Å². The van der Waals surface area contributed by atoms with Crippen molar-refractivity contribution >= 4 is 57.4 Å². The Balaban J connectivity index is 2.80. The first-order chi connectivity index (χ1) is 6.43. The number of carbonyl (C=O) groups is 1. The zero-order valence-electron chi connectivity index (χ0n) is 6.81. The van der Waals surface area contributed by atoms with Crippen LogP contribution in [0.25, 0.3) is 0 Å². The molecule has 0 aromatic carbocycles. The van der Waals surface area contributed by atoms with Crippen molar-refractivity contribution in [2.75, 3.05) is 0 Å². The molecule has 0 spiro atoms. The number of rotatable bonds is 2. The number of hydrogen-bond acceptors (Lipinski definition) is 5. The third-order valence-electron chi connectivity index (χ3n) is 1.37. The summed E-state index contributed by atoms with van der Waals surface area (Å²) < 4.78 is 0.298. The van der Waals surface area contributed by atoms with Gasteiger partial charge >= 0.3 is 0 Å². The normalized spacial score (nSPS) is 21.1. The van der Waals surface area contributed by atoms with Crippen molar-refractivity contribution in [2.45, 2.75) is 5.25 Å². The predicted molar refractivity (Wildman–Crippen MR) is 62.7 cm³/mol. The van der Waals surface area contributed by atoms with Gasteiger partial charge in [-0.05, 0) is 12.2 Å². The van der Waals surface area contributed by atoms with Crippen molar-refractivity contribution in [2.24, 2.45) is 11.5 Å². The number of nitrogens with two attached hydrogens (primary N) is 2. The van der Waals surface area contributed by atoms with Crippen molar-refractivity contribution in [1.82, 2.24) is 10.4 Å². The quantitative estimate of drug-likeness (QED) is 0.460. The number of hydrogen-bond donors (Lipinski definition) is 4. The van der Waals surface area contributed by atoms with E-state index in [2.05, 4.69) is 17.6 Å². The first-order valence-electron chi connectivity index (χ1n) is 3.38. The van der Waals surface area contributed by atoms with E-state index in [-0.39, 0.29) is 10.9 Å². The van der Waals surface area contributed by atoms with Crippen molar-refractivity contribution in [3.05, 3.63) is 0 Å². The Hall–Kier alpha value is -0.930. The lowest BCUT2D eigenvalue weighted by atomic mass is 10.3. The van der Waals surface area contributed by atoms with Crippen LogP contribution in [-0.4, -0.2) is 31.4 Å². The summed E-state index contributed by atoms with van der Waals surface area (Å²) in [6, 6.07) is 0. The van der Waals surface area contributed by atoms with Gasteiger partial charge in [0.15, 0.2) is 9.43 Å². The van der Waals surface area contributed by atoms with Crippen LogP contribution in [0.3, 0.4) is 0 Å². The van der Waals surface area contributed by atoms with Crippen molar-refractivity contribution in [1.29, 1.82) is 5.41 Å². The summed E-state index contributed by atoms with van der Waals surface area (Å²) in [5.74, 6) is -0.671. The molecule has 6 nitrogen and oxygen atoms in total. The highest BCUT2D eigenvalue weighted by Crippen LogP contribution is 2.25. The summed E-state index contributed by atoms with van der Waals surface area (Å²) in [4.78, 5) is 10.9. The van der Waals surface area contributed by atoms with Gasteiger partial charge in [0.1, 0.15) is 11.1 Å². The molecular formula is C5H7N5OS3. The second kappa shape index (κ2) is 4.07. The minimum atomic E-state index is -0.774. The molecule has 0 aromatic heterocycles. The molecule has 1 heterocycles. The van der Waals surface area contributed by atoms with Gasteiger partial charge in [0.05, 0.1) is 0 Å². The van der Waals surface area contributed by atoms with E-state index >= 15 is 0 Å². The zero-order chi connectivity index (χ0) is 10.9. The number of amidine groups is 1. The fraction of sp³-hybridized carbons (Fsp3) is 0.200. The highest BCUT2D eigenvalue weighted by molar-refractivity contribution is 8.24. The van der Waals surface area contributed by atoms with E-state index in [1.165, 1.54) is 0 Å². The first kappa shape index (κ1) is 11.1. The van der Waals surface area contributed by atoms with E-state index in [4.69, 9.17) is 29.1 Å². The number of nitrogens with zero attached hydrogens (tertiary/aromatic N) is 1. The van der Waals surface area contributed by atoms with Crippen LogP contribution >= 0.6 is 36.2 Å². The molecule has 1 rings (SSSR count). The van der Waals surface area contributed by atoms with Gasteiger partial charge in [0.2, 0.25) is 5.91 Å². The van der Waals surface area contributed by atoms with E-state index in [0.717, 1.165) is 16.8 Å².